The summed E-state index contributed by atoms with van der Waals surface area (Å²) in [6, 6.07) is 0.579. The van der Waals surface area contributed by atoms with Crippen LogP contribution in [0.15, 0.2) is 18.2 Å². The predicted molar refractivity (Wildman–Crippen MR) is 52.3 cm³/mol. The highest BCUT2D eigenvalue weighted by Gasteiger charge is 2.20. The molecule has 0 saturated carbocycles. The number of carbonyl (C=O) groups excluding carboxylic acids is 1. The molecule has 1 atom stereocenters. The molecule has 0 spiro atoms. The minimum Gasteiger partial charge on any atom is -0.480 e. The maximum atomic E-state index is 12.8. The molecular formula is C10H9F2NO4. The highest BCUT2D eigenvalue weighted by molar-refractivity contribution is 5.96. The Morgan fingerprint density at radius 1 is 1.24 bits per heavy atom. The van der Waals surface area contributed by atoms with Gasteiger partial charge in [-0.3, -0.25) is 4.79 Å². The van der Waals surface area contributed by atoms with Gasteiger partial charge in [-0.1, -0.05) is 0 Å². The van der Waals surface area contributed by atoms with Crippen LogP contribution in [0, 0.1) is 11.6 Å². The third-order valence-electron chi connectivity index (χ3n) is 1.91. The van der Waals surface area contributed by atoms with Gasteiger partial charge in [0.2, 0.25) is 0 Å². The Morgan fingerprint density at radius 2 is 1.76 bits per heavy atom. The number of carboxylic acids is 1. The van der Waals surface area contributed by atoms with Crippen LogP contribution in [0.3, 0.4) is 0 Å². The fraction of sp³-hybridized carbons (Fsp3) is 0.200. The van der Waals surface area contributed by atoms with E-state index >= 15 is 0 Å². The van der Waals surface area contributed by atoms with Crippen molar-refractivity contribution in [3.05, 3.63) is 35.4 Å². The second-order valence-electron chi connectivity index (χ2n) is 3.20. The lowest BCUT2D eigenvalue weighted by Crippen LogP contribution is -2.43. The van der Waals surface area contributed by atoms with E-state index < -0.39 is 36.2 Å². The van der Waals surface area contributed by atoms with E-state index in [4.69, 9.17) is 10.2 Å². The summed E-state index contributed by atoms with van der Waals surface area (Å²) < 4.78 is 25.6. The van der Waals surface area contributed by atoms with Crippen molar-refractivity contribution in [1.29, 1.82) is 0 Å². The second kappa shape index (κ2) is 5.35. The number of benzene rings is 1. The molecule has 1 aromatic rings. The summed E-state index contributed by atoms with van der Waals surface area (Å²) in [7, 11) is 0. The Hall–Kier alpha value is -2.02. The van der Waals surface area contributed by atoms with Gasteiger partial charge < -0.3 is 15.5 Å². The van der Waals surface area contributed by atoms with Crippen molar-refractivity contribution in [1.82, 2.24) is 5.32 Å². The first-order chi connectivity index (χ1) is 7.93. The summed E-state index contributed by atoms with van der Waals surface area (Å²) in [6.45, 7) is -0.821. The van der Waals surface area contributed by atoms with Crippen LogP contribution in [0.25, 0.3) is 0 Å². The molecule has 3 N–H and O–H groups in total. The van der Waals surface area contributed by atoms with Gasteiger partial charge in [0.25, 0.3) is 5.91 Å². The second-order valence-corrected chi connectivity index (χ2v) is 3.20. The number of nitrogens with one attached hydrogen (secondary N) is 1. The van der Waals surface area contributed by atoms with E-state index in [1.165, 1.54) is 0 Å². The molecule has 0 aliphatic heterocycles. The van der Waals surface area contributed by atoms with Crippen LogP contribution in [-0.4, -0.2) is 34.7 Å². The van der Waals surface area contributed by atoms with Gasteiger partial charge >= 0.3 is 5.97 Å². The van der Waals surface area contributed by atoms with Gasteiger partial charge in [-0.25, -0.2) is 13.6 Å². The molecule has 92 valence electrons. The van der Waals surface area contributed by atoms with Crippen molar-refractivity contribution in [2.75, 3.05) is 6.61 Å². The average molecular weight is 245 g/mol. The van der Waals surface area contributed by atoms with Gasteiger partial charge in [0.15, 0.2) is 6.04 Å². The number of hydrogen-bond acceptors (Lipinski definition) is 3. The first-order valence-corrected chi connectivity index (χ1v) is 4.54. The van der Waals surface area contributed by atoms with Crippen LogP contribution in [0.1, 0.15) is 10.4 Å². The van der Waals surface area contributed by atoms with Crippen LogP contribution < -0.4 is 5.32 Å². The molecular weight excluding hydrogens is 236 g/mol. The molecule has 0 aromatic heterocycles. The average Bonchev–Trinajstić information content (AvgIpc) is 2.23. The highest BCUT2D eigenvalue weighted by atomic mass is 19.1. The van der Waals surface area contributed by atoms with Gasteiger partial charge in [-0.05, 0) is 12.1 Å². The summed E-state index contributed by atoms with van der Waals surface area (Å²) in [5.41, 5.74) is -0.359. The maximum absolute atomic E-state index is 12.8. The Kier molecular flexibility index (Phi) is 4.11. The quantitative estimate of drug-likeness (QED) is 0.704. The number of rotatable bonds is 4. The van der Waals surface area contributed by atoms with E-state index in [2.05, 4.69) is 0 Å². The largest absolute Gasteiger partial charge is 0.480 e. The van der Waals surface area contributed by atoms with Gasteiger partial charge in [0.1, 0.15) is 11.6 Å². The molecule has 5 nitrogen and oxygen atoms in total. The van der Waals surface area contributed by atoms with Crippen LogP contribution >= 0.6 is 0 Å². The summed E-state index contributed by atoms with van der Waals surface area (Å²) in [4.78, 5) is 21.9. The first kappa shape index (κ1) is 13.0. The highest BCUT2D eigenvalue weighted by Crippen LogP contribution is 2.08. The summed E-state index contributed by atoms with van der Waals surface area (Å²) >= 11 is 0. The molecule has 0 aliphatic rings. The molecule has 1 unspecified atom stereocenters. The molecule has 0 saturated heterocycles. The molecule has 0 aliphatic carbocycles. The minimum atomic E-state index is -1.52. The molecule has 0 fully saturated rings. The van der Waals surface area contributed by atoms with E-state index in [1.54, 1.807) is 0 Å². The normalized spacial score (nSPS) is 11.9. The van der Waals surface area contributed by atoms with Crippen molar-refractivity contribution >= 4 is 11.9 Å². The third-order valence-corrected chi connectivity index (χ3v) is 1.91. The summed E-state index contributed by atoms with van der Waals surface area (Å²) in [6.07, 6.45) is 0. The smallest absolute Gasteiger partial charge is 0.328 e. The zero-order chi connectivity index (χ0) is 13.0. The van der Waals surface area contributed by atoms with E-state index in [-0.39, 0.29) is 5.56 Å². The number of aliphatic carboxylic acids is 1. The number of carbonyl (C=O) groups is 2. The maximum Gasteiger partial charge on any atom is 0.328 e. The van der Waals surface area contributed by atoms with E-state index in [1.807, 2.05) is 5.32 Å². The Labute approximate surface area is 94.7 Å². The van der Waals surface area contributed by atoms with E-state index in [9.17, 15) is 18.4 Å². The molecule has 1 aromatic carbocycles. The monoisotopic (exact) mass is 245 g/mol. The number of carboxylic acid groups (broad SMARTS) is 1. The lowest BCUT2D eigenvalue weighted by Gasteiger charge is -2.11. The minimum absolute atomic E-state index is 0.359. The Bertz CT molecular complexity index is 430. The standard InChI is InChI=1S/C10H9F2NO4/c11-6-1-5(2-7(12)3-6)9(15)13-8(4-14)10(16)17/h1-3,8,14H,4H2,(H,13,15)(H,16,17). The fourth-order valence-corrected chi connectivity index (χ4v) is 1.11. The van der Waals surface area contributed by atoms with Crippen LogP contribution in [0.2, 0.25) is 0 Å². The SMILES string of the molecule is O=C(NC(CO)C(=O)O)c1cc(F)cc(F)c1. The summed E-state index contributed by atoms with van der Waals surface area (Å²) in [5.74, 6) is -4.33. The number of aliphatic hydroxyl groups excluding tert-OH is 1. The van der Waals surface area contributed by atoms with Crippen molar-refractivity contribution in [2.45, 2.75) is 6.04 Å². The fourth-order valence-electron chi connectivity index (χ4n) is 1.11. The Morgan fingerprint density at radius 3 is 2.18 bits per heavy atom. The van der Waals surface area contributed by atoms with Crippen molar-refractivity contribution in [2.24, 2.45) is 0 Å². The molecule has 17 heavy (non-hydrogen) atoms. The van der Waals surface area contributed by atoms with Crippen LogP contribution in [-0.2, 0) is 4.79 Å². The lowest BCUT2D eigenvalue weighted by molar-refractivity contribution is -0.140. The van der Waals surface area contributed by atoms with E-state index in [0.29, 0.717) is 6.07 Å². The zero-order valence-electron chi connectivity index (χ0n) is 8.48. The number of amides is 1. The van der Waals surface area contributed by atoms with Crippen molar-refractivity contribution in [3.8, 4) is 0 Å². The molecule has 1 amide bonds. The topological polar surface area (TPSA) is 86.6 Å². The van der Waals surface area contributed by atoms with Crippen LogP contribution in [0.5, 0.6) is 0 Å². The third kappa shape index (κ3) is 3.49. The lowest BCUT2D eigenvalue weighted by atomic mass is 10.2. The number of halogens is 2. The van der Waals surface area contributed by atoms with Gasteiger partial charge in [-0.2, -0.15) is 0 Å². The van der Waals surface area contributed by atoms with Gasteiger partial charge in [0.05, 0.1) is 6.61 Å². The molecule has 0 heterocycles. The van der Waals surface area contributed by atoms with Crippen molar-refractivity contribution < 1.29 is 28.6 Å². The van der Waals surface area contributed by atoms with Gasteiger partial charge in [-0.15, -0.1) is 0 Å². The molecule has 0 bridgehead atoms. The number of hydrogen-bond donors (Lipinski definition) is 3. The first-order valence-electron chi connectivity index (χ1n) is 4.54. The molecule has 1 rings (SSSR count). The number of aliphatic hydroxyl groups is 1. The van der Waals surface area contributed by atoms with E-state index in [0.717, 1.165) is 12.1 Å². The summed E-state index contributed by atoms with van der Waals surface area (Å²) in [5, 5.41) is 19.1. The zero-order valence-corrected chi connectivity index (χ0v) is 8.48. The van der Waals surface area contributed by atoms with Gasteiger partial charge in [0, 0.05) is 11.6 Å². The molecule has 7 heteroatoms. The predicted octanol–water partition coefficient (Wildman–Crippen LogP) is 0.140. The Balaban J connectivity index is 2.86. The van der Waals surface area contributed by atoms with Crippen molar-refractivity contribution in [3.63, 3.8) is 0 Å². The van der Waals surface area contributed by atoms with Crippen LogP contribution in [0.4, 0.5) is 8.78 Å². The molecule has 0 radical (unpaired) electrons.